The Labute approximate surface area is 150 Å². The molecule has 5 nitrogen and oxygen atoms in total. The van der Waals surface area contributed by atoms with E-state index in [1.54, 1.807) is 6.26 Å². The third kappa shape index (κ3) is 3.60. The highest BCUT2D eigenvalue weighted by atomic mass is 32.1. The molecule has 3 heterocycles. The van der Waals surface area contributed by atoms with E-state index in [1.165, 1.54) is 30.6 Å². The molecule has 0 aliphatic carbocycles. The van der Waals surface area contributed by atoms with E-state index < -0.39 is 0 Å². The highest BCUT2D eigenvalue weighted by Gasteiger charge is 2.25. The number of carbonyl (C=O) groups excluding carboxylic acids is 1. The van der Waals surface area contributed by atoms with Gasteiger partial charge in [-0.1, -0.05) is 18.6 Å². The summed E-state index contributed by atoms with van der Waals surface area (Å²) in [5, 5.41) is 3.56. The average Bonchev–Trinajstić information content (AvgIpc) is 3.32. The van der Waals surface area contributed by atoms with Crippen LogP contribution in [0.25, 0.3) is 10.2 Å². The molecule has 6 heteroatoms. The Hall–Kier alpha value is -2.18. The van der Waals surface area contributed by atoms with Gasteiger partial charge in [-0.2, -0.15) is 0 Å². The zero-order valence-electron chi connectivity index (χ0n) is 14.0. The van der Waals surface area contributed by atoms with Crippen LogP contribution in [-0.2, 0) is 0 Å². The van der Waals surface area contributed by atoms with Gasteiger partial charge in [-0.05, 0) is 50.2 Å². The maximum atomic E-state index is 12.6. The third-order valence-corrected chi connectivity index (χ3v) is 5.68. The molecule has 0 spiro atoms. The molecule has 0 radical (unpaired) electrons. The molecular weight excluding hydrogens is 334 g/mol. The number of nitrogens with zero attached hydrogens (tertiary/aromatic N) is 2. The van der Waals surface area contributed by atoms with E-state index in [0.29, 0.717) is 11.6 Å². The minimum absolute atomic E-state index is 0.0774. The molecule has 130 valence electrons. The largest absolute Gasteiger partial charge is 0.468 e. The van der Waals surface area contributed by atoms with Gasteiger partial charge in [0.1, 0.15) is 5.76 Å². The number of likely N-dealkylation sites (tertiary alicyclic amines) is 1. The highest BCUT2D eigenvalue weighted by Crippen LogP contribution is 2.25. The summed E-state index contributed by atoms with van der Waals surface area (Å²) >= 11 is 1.43. The Bertz CT molecular complexity index is 804. The first-order valence-corrected chi connectivity index (χ1v) is 9.54. The number of amides is 1. The quantitative estimate of drug-likeness (QED) is 0.755. The van der Waals surface area contributed by atoms with Gasteiger partial charge in [0.05, 0.1) is 22.5 Å². The summed E-state index contributed by atoms with van der Waals surface area (Å²) in [5.74, 6) is 0.793. The second kappa shape index (κ2) is 7.37. The van der Waals surface area contributed by atoms with E-state index >= 15 is 0 Å². The third-order valence-electron chi connectivity index (χ3n) is 4.65. The number of carbonyl (C=O) groups is 1. The van der Waals surface area contributed by atoms with Crippen molar-refractivity contribution in [3.8, 4) is 0 Å². The van der Waals surface area contributed by atoms with E-state index in [4.69, 9.17) is 4.42 Å². The highest BCUT2D eigenvalue weighted by molar-refractivity contribution is 7.20. The van der Waals surface area contributed by atoms with E-state index in [-0.39, 0.29) is 11.9 Å². The lowest BCUT2D eigenvalue weighted by Crippen LogP contribution is -2.40. The van der Waals surface area contributed by atoms with Gasteiger partial charge in [0.25, 0.3) is 5.91 Å². The summed E-state index contributed by atoms with van der Waals surface area (Å²) in [6.07, 6.45) is 5.37. The zero-order valence-corrected chi connectivity index (χ0v) is 14.8. The minimum atomic E-state index is -0.116. The lowest BCUT2D eigenvalue weighted by molar-refractivity contribution is 0.0914. The van der Waals surface area contributed by atoms with Crippen molar-refractivity contribution in [2.24, 2.45) is 0 Å². The van der Waals surface area contributed by atoms with Crippen LogP contribution in [0.3, 0.4) is 0 Å². The molecule has 1 aliphatic rings. The first-order valence-electron chi connectivity index (χ1n) is 8.72. The number of aromatic nitrogens is 1. The number of para-hydroxylation sites is 1. The molecule has 1 aromatic carbocycles. The molecule has 1 N–H and O–H groups in total. The van der Waals surface area contributed by atoms with Crippen LogP contribution in [0.5, 0.6) is 0 Å². The van der Waals surface area contributed by atoms with Gasteiger partial charge in [-0.3, -0.25) is 9.69 Å². The second-order valence-corrected chi connectivity index (χ2v) is 7.36. The van der Waals surface area contributed by atoms with Crippen molar-refractivity contribution in [3.05, 3.63) is 53.4 Å². The first kappa shape index (κ1) is 16.3. The fourth-order valence-corrected chi connectivity index (χ4v) is 4.24. The molecule has 1 atom stereocenters. The van der Waals surface area contributed by atoms with E-state index in [2.05, 4.69) is 15.2 Å². The van der Waals surface area contributed by atoms with Crippen LogP contribution in [0.15, 0.2) is 47.1 Å². The number of hydrogen-bond acceptors (Lipinski definition) is 5. The normalized spacial score (nSPS) is 16.8. The van der Waals surface area contributed by atoms with E-state index in [0.717, 1.165) is 29.1 Å². The van der Waals surface area contributed by atoms with Gasteiger partial charge in [0.2, 0.25) is 0 Å². The van der Waals surface area contributed by atoms with Crippen molar-refractivity contribution in [2.75, 3.05) is 19.6 Å². The Morgan fingerprint density at radius 1 is 1.20 bits per heavy atom. The van der Waals surface area contributed by atoms with Gasteiger partial charge in [-0.15, -0.1) is 11.3 Å². The predicted octanol–water partition coefficient (Wildman–Crippen LogP) is 3.85. The molecule has 1 amide bonds. The molecular formula is C19H21N3O2S. The maximum Gasteiger partial charge on any atom is 0.280 e. The first-order chi connectivity index (χ1) is 12.3. The summed E-state index contributed by atoms with van der Waals surface area (Å²) in [5.41, 5.74) is 0.872. The Morgan fingerprint density at radius 2 is 2.04 bits per heavy atom. The van der Waals surface area contributed by atoms with Gasteiger partial charge in [0, 0.05) is 6.54 Å². The monoisotopic (exact) mass is 355 g/mol. The maximum absolute atomic E-state index is 12.6. The van der Waals surface area contributed by atoms with Crippen LogP contribution in [0.1, 0.15) is 40.9 Å². The summed E-state index contributed by atoms with van der Waals surface area (Å²) < 4.78 is 6.66. The van der Waals surface area contributed by atoms with Crippen molar-refractivity contribution in [1.82, 2.24) is 15.2 Å². The molecule has 0 bridgehead atoms. The van der Waals surface area contributed by atoms with Crippen molar-refractivity contribution in [1.29, 1.82) is 0 Å². The fourth-order valence-electron chi connectivity index (χ4n) is 3.35. The average molecular weight is 355 g/mol. The summed E-state index contributed by atoms with van der Waals surface area (Å²) in [4.78, 5) is 19.4. The lowest BCUT2D eigenvalue weighted by atomic mass is 10.1. The predicted molar refractivity (Wildman–Crippen MR) is 98.8 cm³/mol. The molecule has 2 aromatic heterocycles. The van der Waals surface area contributed by atoms with Crippen LogP contribution in [-0.4, -0.2) is 35.4 Å². The molecule has 1 fully saturated rings. The zero-order chi connectivity index (χ0) is 17.1. The number of nitrogens with one attached hydrogen (secondary N) is 1. The SMILES string of the molecule is O=C(NC[C@@H](c1ccco1)N1CCCCC1)c1nc2ccccc2s1. The summed E-state index contributed by atoms with van der Waals surface area (Å²) in [6.45, 7) is 2.62. The molecule has 0 saturated carbocycles. The van der Waals surface area contributed by atoms with Gasteiger partial charge < -0.3 is 9.73 Å². The van der Waals surface area contributed by atoms with Gasteiger partial charge in [-0.25, -0.2) is 4.98 Å². The van der Waals surface area contributed by atoms with Crippen molar-refractivity contribution in [3.63, 3.8) is 0 Å². The number of benzene rings is 1. The van der Waals surface area contributed by atoms with Crippen molar-refractivity contribution < 1.29 is 9.21 Å². The number of thiazole rings is 1. The van der Waals surface area contributed by atoms with Gasteiger partial charge >= 0.3 is 0 Å². The number of piperidine rings is 1. The van der Waals surface area contributed by atoms with E-state index in [9.17, 15) is 4.79 Å². The van der Waals surface area contributed by atoms with Crippen LogP contribution < -0.4 is 5.32 Å². The van der Waals surface area contributed by atoms with Crippen molar-refractivity contribution in [2.45, 2.75) is 25.3 Å². The number of hydrogen-bond donors (Lipinski definition) is 1. The number of fused-ring (bicyclic) bond motifs is 1. The topological polar surface area (TPSA) is 58.4 Å². The smallest absolute Gasteiger partial charge is 0.280 e. The summed E-state index contributed by atoms with van der Waals surface area (Å²) in [7, 11) is 0. The molecule has 3 aromatic rings. The number of furan rings is 1. The fraction of sp³-hybridized carbons (Fsp3) is 0.368. The molecule has 25 heavy (non-hydrogen) atoms. The van der Waals surface area contributed by atoms with Crippen molar-refractivity contribution >= 4 is 27.5 Å². The molecule has 0 unspecified atom stereocenters. The molecule has 1 saturated heterocycles. The van der Waals surface area contributed by atoms with Crippen LogP contribution in [0, 0.1) is 0 Å². The Balaban J connectivity index is 1.47. The Kier molecular flexibility index (Phi) is 4.81. The second-order valence-electron chi connectivity index (χ2n) is 6.32. The minimum Gasteiger partial charge on any atom is -0.468 e. The number of rotatable bonds is 5. The van der Waals surface area contributed by atoms with Gasteiger partial charge in [0.15, 0.2) is 5.01 Å². The lowest BCUT2D eigenvalue weighted by Gasteiger charge is -2.33. The Morgan fingerprint density at radius 3 is 2.80 bits per heavy atom. The summed E-state index contributed by atoms with van der Waals surface area (Å²) in [6, 6.07) is 11.8. The standard InChI is InChI=1S/C19H21N3O2S/c23-18(19-21-14-7-2-3-9-17(14)25-19)20-13-15(16-8-6-12-24-16)22-10-4-1-5-11-22/h2-3,6-9,12,15H,1,4-5,10-11,13H2,(H,20,23)/t15-/m0/s1. The van der Waals surface area contributed by atoms with Crippen LogP contribution in [0.2, 0.25) is 0 Å². The van der Waals surface area contributed by atoms with Crippen LogP contribution >= 0.6 is 11.3 Å². The molecule has 4 rings (SSSR count). The van der Waals surface area contributed by atoms with E-state index in [1.807, 2.05) is 36.4 Å². The molecule has 1 aliphatic heterocycles. The van der Waals surface area contributed by atoms with Crippen LogP contribution in [0.4, 0.5) is 0 Å².